The Hall–Kier alpha value is -0.830. The standard InChI is InChI=1S/C17H24BrNO/c1-17(2,3)13-7-4-11(5-8-13)16(20)12-6-9-15(19)14(18)10-12/h6,9-11,13H,4-5,7-8,19H2,1-3H3. The van der Waals surface area contributed by atoms with Crippen LogP contribution in [0.5, 0.6) is 0 Å². The third-order valence-corrected chi connectivity index (χ3v) is 5.29. The second-order valence-electron chi connectivity index (χ2n) is 7.02. The average molecular weight is 338 g/mol. The van der Waals surface area contributed by atoms with E-state index >= 15 is 0 Å². The van der Waals surface area contributed by atoms with Gasteiger partial charge < -0.3 is 5.73 Å². The van der Waals surface area contributed by atoms with E-state index in [0.29, 0.717) is 11.1 Å². The van der Waals surface area contributed by atoms with Gasteiger partial charge in [0.15, 0.2) is 5.78 Å². The van der Waals surface area contributed by atoms with Crippen LogP contribution in [0.4, 0.5) is 5.69 Å². The molecule has 2 nitrogen and oxygen atoms in total. The molecule has 1 aromatic carbocycles. The number of carbonyl (C=O) groups is 1. The van der Waals surface area contributed by atoms with E-state index in [0.717, 1.165) is 41.6 Å². The zero-order chi connectivity index (χ0) is 14.9. The van der Waals surface area contributed by atoms with Crippen molar-refractivity contribution in [3.05, 3.63) is 28.2 Å². The van der Waals surface area contributed by atoms with E-state index in [2.05, 4.69) is 36.7 Å². The van der Waals surface area contributed by atoms with Gasteiger partial charge in [0.25, 0.3) is 0 Å². The highest BCUT2D eigenvalue weighted by Gasteiger charge is 2.32. The first kappa shape index (κ1) is 15.6. The molecule has 0 aromatic heterocycles. The molecule has 3 heteroatoms. The number of benzene rings is 1. The average Bonchev–Trinajstić information content (AvgIpc) is 2.40. The lowest BCUT2D eigenvalue weighted by Gasteiger charge is -2.36. The largest absolute Gasteiger partial charge is 0.398 e. The predicted molar refractivity (Wildman–Crippen MR) is 87.8 cm³/mol. The molecule has 0 bridgehead atoms. The number of anilines is 1. The summed E-state index contributed by atoms with van der Waals surface area (Å²) in [4.78, 5) is 12.6. The lowest BCUT2D eigenvalue weighted by atomic mass is 9.69. The summed E-state index contributed by atoms with van der Waals surface area (Å²) in [5.74, 6) is 1.20. The highest BCUT2D eigenvalue weighted by Crippen LogP contribution is 2.40. The van der Waals surface area contributed by atoms with Crippen molar-refractivity contribution in [2.24, 2.45) is 17.3 Å². The maximum absolute atomic E-state index is 12.6. The maximum atomic E-state index is 12.6. The van der Waals surface area contributed by atoms with Gasteiger partial charge >= 0.3 is 0 Å². The van der Waals surface area contributed by atoms with Gasteiger partial charge in [-0.25, -0.2) is 0 Å². The van der Waals surface area contributed by atoms with Crippen molar-refractivity contribution in [1.82, 2.24) is 0 Å². The summed E-state index contributed by atoms with van der Waals surface area (Å²) in [7, 11) is 0. The molecule has 0 heterocycles. The Balaban J connectivity index is 2.03. The van der Waals surface area contributed by atoms with Gasteiger partial charge in [0.05, 0.1) is 0 Å². The summed E-state index contributed by atoms with van der Waals surface area (Å²) in [6.07, 6.45) is 4.36. The van der Waals surface area contributed by atoms with E-state index in [4.69, 9.17) is 5.73 Å². The van der Waals surface area contributed by atoms with Gasteiger partial charge in [-0.2, -0.15) is 0 Å². The van der Waals surface area contributed by atoms with Crippen molar-refractivity contribution < 1.29 is 4.79 Å². The quantitative estimate of drug-likeness (QED) is 0.604. The minimum Gasteiger partial charge on any atom is -0.398 e. The minimum absolute atomic E-state index is 0.184. The number of nitrogen functional groups attached to an aromatic ring is 1. The van der Waals surface area contributed by atoms with Crippen LogP contribution < -0.4 is 5.73 Å². The molecule has 0 amide bonds. The van der Waals surface area contributed by atoms with Gasteiger partial charge in [0.1, 0.15) is 0 Å². The highest BCUT2D eigenvalue weighted by atomic mass is 79.9. The van der Waals surface area contributed by atoms with E-state index in [1.165, 1.54) is 0 Å². The van der Waals surface area contributed by atoms with Crippen molar-refractivity contribution in [3.8, 4) is 0 Å². The van der Waals surface area contributed by atoms with Crippen molar-refractivity contribution >= 4 is 27.4 Å². The lowest BCUT2D eigenvalue weighted by molar-refractivity contribution is 0.0819. The Labute approximate surface area is 130 Å². The maximum Gasteiger partial charge on any atom is 0.165 e. The van der Waals surface area contributed by atoms with E-state index in [-0.39, 0.29) is 11.7 Å². The number of ketones is 1. The molecule has 2 rings (SSSR count). The van der Waals surface area contributed by atoms with Crippen LogP contribution in [0.25, 0.3) is 0 Å². The molecular formula is C17H24BrNO. The molecule has 0 radical (unpaired) electrons. The van der Waals surface area contributed by atoms with Crippen LogP contribution in [0.3, 0.4) is 0 Å². The number of rotatable bonds is 2. The molecule has 20 heavy (non-hydrogen) atoms. The van der Waals surface area contributed by atoms with Crippen LogP contribution in [0, 0.1) is 17.3 Å². The SMILES string of the molecule is CC(C)(C)C1CCC(C(=O)c2ccc(N)c(Br)c2)CC1. The summed E-state index contributed by atoms with van der Waals surface area (Å²) in [6, 6.07) is 5.50. The van der Waals surface area contributed by atoms with Crippen molar-refractivity contribution in [2.75, 3.05) is 5.73 Å². The Morgan fingerprint density at radius 1 is 1.20 bits per heavy atom. The fourth-order valence-electron chi connectivity index (χ4n) is 3.14. The van der Waals surface area contributed by atoms with Gasteiger partial charge in [-0.1, -0.05) is 20.8 Å². The van der Waals surface area contributed by atoms with Crippen LogP contribution in [0.2, 0.25) is 0 Å². The third-order valence-electron chi connectivity index (χ3n) is 4.61. The monoisotopic (exact) mass is 337 g/mol. The molecule has 1 aromatic rings. The molecular weight excluding hydrogens is 314 g/mol. The van der Waals surface area contributed by atoms with Gasteiger partial charge in [-0.15, -0.1) is 0 Å². The Morgan fingerprint density at radius 3 is 2.30 bits per heavy atom. The molecule has 0 saturated heterocycles. The number of hydrogen-bond acceptors (Lipinski definition) is 2. The van der Waals surface area contributed by atoms with Gasteiger partial charge in [-0.3, -0.25) is 4.79 Å². The minimum atomic E-state index is 0.184. The molecule has 1 aliphatic rings. The second-order valence-corrected chi connectivity index (χ2v) is 7.87. The zero-order valence-corrected chi connectivity index (χ0v) is 14.2. The summed E-state index contributed by atoms with van der Waals surface area (Å²) < 4.78 is 0.812. The fourth-order valence-corrected chi connectivity index (χ4v) is 3.52. The Kier molecular flexibility index (Phi) is 4.58. The van der Waals surface area contributed by atoms with Crippen molar-refractivity contribution in [3.63, 3.8) is 0 Å². The molecule has 1 aliphatic carbocycles. The molecule has 0 aliphatic heterocycles. The fraction of sp³-hybridized carbons (Fsp3) is 0.588. The predicted octanol–water partition coefficient (Wildman–Crippen LogP) is 5.07. The summed E-state index contributed by atoms with van der Waals surface area (Å²) in [5.41, 5.74) is 7.60. The molecule has 0 unspecified atom stereocenters. The van der Waals surface area contributed by atoms with Gasteiger partial charge in [0, 0.05) is 21.6 Å². The zero-order valence-electron chi connectivity index (χ0n) is 12.6. The van der Waals surface area contributed by atoms with Crippen molar-refractivity contribution in [1.29, 1.82) is 0 Å². The molecule has 0 spiro atoms. The van der Waals surface area contributed by atoms with E-state index in [1.54, 1.807) is 6.07 Å². The van der Waals surface area contributed by atoms with Gasteiger partial charge in [-0.05, 0) is 71.1 Å². The number of Topliss-reactive ketones (excluding diaryl/α,β-unsaturated/α-hetero) is 1. The van der Waals surface area contributed by atoms with E-state index in [1.807, 2.05) is 12.1 Å². The van der Waals surface area contributed by atoms with E-state index in [9.17, 15) is 4.79 Å². The Morgan fingerprint density at radius 2 is 1.80 bits per heavy atom. The van der Waals surface area contributed by atoms with Crippen LogP contribution in [0.15, 0.2) is 22.7 Å². The first-order chi connectivity index (χ1) is 9.29. The Bertz CT molecular complexity index is 496. The lowest BCUT2D eigenvalue weighted by Crippen LogP contribution is -2.28. The molecule has 0 atom stereocenters. The number of carbonyl (C=O) groups excluding carboxylic acids is 1. The third kappa shape index (κ3) is 3.43. The normalized spacial score (nSPS) is 23.6. The number of nitrogens with two attached hydrogens (primary N) is 1. The molecule has 1 fully saturated rings. The van der Waals surface area contributed by atoms with Crippen LogP contribution >= 0.6 is 15.9 Å². The molecule has 110 valence electrons. The van der Waals surface area contributed by atoms with Gasteiger partial charge in [0.2, 0.25) is 0 Å². The second kappa shape index (κ2) is 5.88. The summed E-state index contributed by atoms with van der Waals surface area (Å²) >= 11 is 3.40. The first-order valence-electron chi connectivity index (χ1n) is 7.38. The topological polar surface area (TPSA) is 43.1 Å². The van der Waals surface area contributed by atoms with Crippen LogP contribution in [-0.4, -0.2) is 5.78 Å². The smallest absolute Gasteiger partial charge is 0.165 e. The van der Waals surface area contributed by atoms with Crippen LogP contribution in [0.1, 0.15) is 56.8 Å². The molecule has 1 saturated carbocycles. The first-order valence-corrected chi connectivity index (χ1v) is 8.17. The summed E-state index contributed by atoms with van der Waals surface area (Å²) in [5, 5.41) is 0. The van der Waals surface area contributed by atoms with E-state index < -0.39 is 0 Å². The van der Waals surface area contributed by atoms with Crippen LogP contribution in [-0.2, 0) is 0 Å². The highest BCUT2D eigenvalue weighted by molar-refractivity contribution is 9.10. The van der Waals surface area contributed by atoms with Crippen molar-refractivity contribution in [2.45, 2.75) is 46.5 Å². The molecule has 2 N–H and O–H groups in total. The number of halogens is 1. The summed E-state index contributed by atoms with van der Waals surface area (Å²) in [6.45, 7) is 6.91. The number of hydrogen-bond donors (Lipinski definition) is 1.